The van der Waals surface area contributed by atoms with Crippen LogP contribution in [0.2, 0.25) is 0 Å². The molecule has 1 aliphatic heterocycles. The van der Waals surface area contributed by atoms with Crippen molar-refractivity contribution < 1.29 is 39.1 Å². The molecule has 0 spiro atoms. The lowest BCUT2D eigenvalue weighted by atomic mass is 9.99. The Morgan fingerprint density at radius 3 is 2.55 bits per heavy atom. The second-order valence-electron chi connectivity index (χ2n) is 7.92. The van der Waals surface area contributed by atoms with E-state index in [1.54, 1.807) is 6.07 Å². The van der Waals surface area contributed by atoms with E-state index in [1.807, 2.05) is 0 Å². The summed E-state index contributed by atoms with van der Waals surface area (Å²) in [5.41, 5.74) is 4.65. The molecule has 7 N–H and O–H groups in total. The Hall–Kier alpha value is -2.54. The third-order valence-electron chi connectivity index (χ3n) is 5.47. The molecule has 0 radical (unpaired) electrons. The highest BCUT2D eigenvalue weighted by Crippen LogP contribution is 2.26. The molecule has 0 saturated carbocycles. The van der Waals surface area contributed by atoms with Gasteiger partial charge in [-0.1, -0.05) is 12.8 Å². The van der Waals surface area contributed by atoms with E-state index in [9.17, 15) is 30.0 Å². The summed E-state index contributed by atoms with van der Waals surface area (Å²) in [6, 6.07) is 5.85. The Morgan fingerprint density at radius 2 is 1.82 bits per heavy atom. The van der Waals surface area contributed by atoms with Gasteiger partial charge in [-0.2, -0.15) is 0 Å². The molecular weight excluding hydrogens is 436 g/mol. The van der Waals surface area contributed by atoms with Gasteiger partial charge in [-0.05, 0) is 37.6 Å². The number of fused-ring (bicyclic) bond motifs is 1. The van der Waals surface area contributed by atoms with Crippen LogP contribution in [0.4, 0.5) is 0 Å². The zero-order chi connectivity index (χ0) is 24.0. The molecule has 0 bridgehead atoms. The zero-order valence-corrected chi connectivity index (χ0v) is 18.1. The normalized spacial score (nSPS) is 25.2. The third kappa shape index (κ3) is 6.08. The summed E-state index contributed by atoms with van der Waals surface area (Å²) >= 11 is 0. The van der Waals surface area contributed by atoms with Crippen molar-refractivity contribution in [3.05, 3.63) is 40.2 Å². The lowest BCUT2D eigenvalue weighted by Gasteiger charge is -2.39. The summed E-state index contributed by atoms with van der Waals surface area (Å²) in [7, 11) is 0. The van der Waals surface area contributed by atoms with Gasteiger partial charge in [0, 0.05) is 18.0 Å². The summed E-state index contributed by atoms with van der Waals surface area (Å²) in [5.74, 6) is -0.379. The maximum absolute atomic E-state index is 12.4. The number of nitrogens with one attached hydrogen (secondary N) is 1. The smallest absolute Gasteiger partial charge is 0.349 e. The molecular formula is C22H30N2O9. The Balaban J connectivity index is 1.68. The molecule has 1 aliphatic rings. The summed E-state index contributed by atoms with van der Waals surface area (Å²) in [6.07, 6.45) is -3.52. The molecule has 2 aromatic rings. The third-order valence-corrected chi connectivity index (χ3v) is 5.47. The molecule has 1 saturated heterocycles. The lowest BCUT2D eigenvalue weighted by Crippen LogP contribution is -2.60. The van der Waals surface area contributed by atoms with Crippen molar-refractivity contribution in [1.29, 1.82) is 0 Å². The molecule has 11 heteroatoms. The van der Waals surface area contributed by atoms with Crippen LogP contribution in [0.25, 0.3) is 11.0 Å². The van der Waals surface area contributed by atoms with Crippen molar-refractivity contribution in [1.82, 2.24) is 5.32 Å². The van der Waals surface area contributed by atoms with E-state index < -0.39 is 48.8 Å². The van der Waals surface area contributed by atoms with Gasteiger partial charge in [-0.15, -0.1) is 0 Å². The lowest BCUT2D eigenvalue weighted by molar-refractivity contribution is -0.277. The van der Waals surface area contributed by atoms with E-state index in [2.05, 4.69) is 5.32 Å². The van der Waals surface area contributed by atoms with Gasteiger partial charge in [-0.3, -0.25) is 4.79 Å². The van der Waals surface area contributed by atoms with Crippen LogP contribution in [0.3, 0.4) is 0 Å². The number of benzene rings is 1. The summed E-state index contributed by atoms with van der Waals surface area (Å²) < 4.78 is 16.1. The van der Waals surface area contributed by atoms with Gasteiger partial charge in [-0.25, -0.2) is 4.79 Å². The fourth-order valence-corrected chi connectivity index (χ4v) is 3.54. The number of amides is 1. The van der Waals surface area contributed by atoms with Crippen LogP contribution in [-0.4, -0.2) is 76.7 Å². The van der Waals surface area contributed by atoms with E-state index in [0.29, 0.717) is 18.5 Å². The Bertz CT molecular complexity index is 993. The standard InChI is InChI=1S/C22H30N2O9/c23-7-3-1-2-4-8-24-20(29)14-9-12-5-6-13(10-15(12)32-21(14)30)31-22-19(28)18(27)17(26)16(11-25)33-22/h5-6,9-10,16-19,22,25-28H,1-4,7-8,11,23H2,(H,24,29)/t16-,17+,18+,19+,22-/m1/s1. The first-order valence-corrected chi connectivity index (χ1v) is 10.9. The topological polar surface area (TPSA) is 185 Å². The Morgan fingerprint density at radius 1 is 1.06 bits per heavy atom. The first kappa shape index (κ1) is 25.1. The van der Waals surface area contributed by atoms with Crippen molar-refractivity contribution in [3.8, 4) is 5.75 Å². The monoisotopic (exact) mass is 466 g/mol. The SMILES string of the molecule is NCCCCCCNC(=O)c1cc2ccc(O[C@@H]3O[C@H](CO)[C@H](O)[C@H](O)[C@@H]3O)cc2oc1=O. The van der Waals surface area contributed by atoms with Crippen molar-refractivity contribution in [2.45, 2.75) is 56.4 Å². The molecule has 182 valence electrons. The predicted molar refractivity (Wildman–Crippen MR) is 117 cm³/mol. The van der Waals surface area contributed by atoms with Crippen LogP contribution in [0, 0.1) is 0 Å². The quantitative estimate of drug-likeness (QED) is 0.192. The van der Waals surface area contributed by atoms with Gasteiger partial charge < -0.3 is 45.4 Å². The number of aliphatic hydroxyl groups excluding tert-OH is 4. The molecule has 2 heterocycles. The van der Waals surface area contributed by atoms with Gasteiger partial charge in [0.25, 0.3) is 5.91 Å². The molecule has 33 heavy (non-hydrogen) atoms. The number of ether oxygens (including phenoxy) is 2. The Kier molecular flexibility index (Phi) is 8.78. The van der Waals surface area contributed by atoms with E-state index >= 15 is 0 Å². The van der Waals surface area contributed by atoms with Crippen molar-refractivity contribution in [2.75, 3.05) is 19.7 Å². The number of aliphatic hydroxyl groups is 4. The van der Waals surface area contributed by atoms with Crippen molar-refractivity contribution in [3.63, 3.8) is 0 Å². The Labute approximate surface area is 189 Å². The second-order valence-corrected chi connectivity index (χ2v) is 7.92. The first-order chi connectivity index (χ1) is 15.8. The van der Waals surface area contributed by atoms with Crippen LogP contribution in [0.1, 0.15) is 36.0 Å². The highest BCUT2D eigenvalue weighted by Gasteiger charge is 2.44. The fourth-order valence-electron chi connectivity index (χ4n) is 3.54. The number of carbonyl (C=O) groups excluding carboxylic acids is 1. The summed E-state index contributed by atoms with van der Waals surface area (Å²) in [6.45, 7) is 0.489. The highest BCUT2D eigenvalue weighted by atomic mass is 16.7. The molecule has 0 unspecified atom stereocenters. The minimum Gasteiger partial charge on any atom is -0.462 e. The molecule has 0 aliphatic carbocycles. The molecule has 3 rings (SSSR count). The number of carbonyl (C=O) groups is 1. The first-order valence-electron chi connectivity index (χ1n) is 10.9. The predicted octanol–water partition coefficient (Wildman–Crippen LogP) is -0.779. The number of hydrogen-bond donors (Lipinski definition) is 6. The van der Waals surface area contributed by atoms with E-state index in [4.69, 9.17) is 19.6 Å². The van der Waals surface area contributed by atoms with Gasteiger partial charge in [0.2, 0.25) is 6.29 Å². The number of nitrogens with two attached hydrogens (primary N) is 1. The zero-order valence-electron chi connectivity index (χ0n) is 18.1. The minimum atomic E-state index is -1.58. The van der Waals surface area contributed by atoms with E-state index in [1.165, 1.54) is 18.2 Å². The van der Waals surface area contributed by atoms with E-state index in [-0.39, 0.29) is 16.9 Å². The second kappa shape index (κ2) is 11.5. The molecule has 5 atom stereocenters. The van der Waals surface area contributed by atoms with Crippen LogP contribution in [-0.2, 0) is 4.74 Å². The van der Waals surface area contributed by atoms with Gasteiger partial charge in [0.1, 0.15) is 41.3 Å². The number of rotatable bonds is 10. The molecule has 1 aromatic heterocycles. The van der Waals surface area contributed by atoms with Crippen LogP contribution >= 0.6 is 0 Å². The molecule has 1 amide bonds. The van der Waals surface area contributed by atoms with Crippen LogP contribution in [0.5, 0.6) is 5.75 Å². The summed E-state index contributed by atoms with van der Waals surface area (Å²) in [5, 5.41) is 42.3. The average molecular weight is 466 g/mol. The minimum absolute atomic E-state index is 0.118. The van der Waals surface area contributed by atoms with Crippen molar-refractivity contribution in [2.24, 2.45) is 5.73 Å². The number of hydrogen-bond acceptors (Lipinski definition) is 10. The maximum Gasteiger partial charge on any atom is 0.349 e. The summed E-state index contributed by atoms with van der Waals surface area (Å²) in [4.78, 5) is 24.7. The fraction of sp³-hybridized carbons (Fsp3) is 0.545. The molecule has 1 aromatic carbocycles. The van der Waals surface area contributed by atoms with Gasteiger partial charge in [0.15, 0.2) is 0 Å². The van der Waals surface area contributed by atoms with Crippen LogP contribution < -0.4 is 21.4 Å². The van der Waals surface area contributed by atoms with E-state index in [0.717, 1.165) is 25.7 Å². The van der Waals surface area contributed by atoms with Gasteiger partial charge >= 0.3 is 5.63 Å². The van der Waals surface area contributed by atoms with Crippen molar-refractivity contribution >= 4 is 16.9 Å². The highest BCUT2D eigenvalue weighted by molar-refractivity contribution is 5.96. The van der Waals surface area contributed by atoms with Crippen LogP contribution in [0.15, 0.2) is 33.5 Å². The molecule has 1 fully saturated rings. The average Bonchev–Trinajstić information content (AvgIpc) is 2.81. The number of unbranched alkanes of at least 4 members (excludes halogenated alkanes) is 3. The van der Waals surface area contributed by atoms with Gasteiger partial charge in [0.05, 0.1) is 6.61 Å². The maximum atomic E-state index is 12.4. The largest absolute Gasteiger partial charge is 0.462 e. The molecule has 11 nitrogen and oxygen atoms in total.